The van der Waals surface area contributed by atoms with Crippen molar-refractivity contribution in [3.8, 4) is 0 Å². The molecule has 0 spiro atoms. The van der Waals surface area contributed by atoms with Gasteiger partial charge in [-0.1, -0.05) is 24.7 Å². The fraction of sp³-hybridized carbons (Fsp3) is 0.500. The molecule has 8 heteroatoms. The molecule has 0 aliphatic heterocycles. The smallest absolute Gasteiger partial charge is 0.321 e. The third-order valence-electron chi connectivity index (χ3n) is 1.92. The Morgan fingerprint density at radius 3 is 2.94 bits per heavy atom. The molecule has 1 aromatic rings. The first-order chi connectivity index (χ1) is 8.61. The molecule has 0 aliphatic rings. The Balaban J connectivity index is 2.19. The maximum absolute atomic E-state index is 11.4. The van der Waals surface area contributed by atoms with Gasteiger partial charge in [0.25, 0.3) is 0 Å². The van der Waals surface area contributed by atoms with E-state index >= 15 is 0 Å². The van der Waals surface area contributed by atoms with Crippen molar-refractivity contribution in [3.63, 3.8) is 0 Å². The van der Waals surface area contributed by atoms with Crippen LogP contribution in [0.15, 0.2) is 10.4 Å². The number of thiazole rings is 1. The molecule has 0 radical (unpaired) electrons. The molecule has 1 heterocycles. The van der Waals surface area contributed by atoms with Crippen molar-refractivity contribution in [3.05, 3.63) is 6.20 Å². The second kappa shape index (κ2) is 7.93. The van der Waals surface area contributed by atoms with Crippen molar-refractivity contribution >= 4 is 40.2 Å². The van der Waals surface area contributed by atoms with Gasteiger partial charge in [-0.2, -0.15) is 0 Å². The highest BCUT2D eigenvalue weighted by molar-refractivity contribution is 8.01. The molecule has 0 saturated carbocycles. The maximum Gasteiger partial charge on any atom is 0.321 e. The number of anilines is 1. The molecule has 0 atom stereocenters. The minimum Gasteiger partial charge on any atom is -0.375 e. The van der Waals surface area contributed by atoms with Crippen LogP contribution in [0.4, 0.5) is 9.93 Å². The Bertz CT molecular complexity index is 408. The van der Waals surface area contributed by atoms with Gasteiger partial charge < -0.3 is 11.1 Å². The Kier molecular flexibility index (Phi) is 6.51. The summed E-state index contributed by atoms with van der Waals surface area (Å²) < 4.78 is 0.856. The number of nitrogens with one attached hydrogen (secondary N) is 2. The fourth-order valence-corrected chi connectivity index (χ4v) is 2.62. The van der Waals surface area contributed by atoms with Crippen LogP contribution in [0.2, 0.25) is 0 Å². The topological polar surface area (TPSA) is 97.1 Å². The van der Waals surface area contributed by atoms with E-state index in [1.807, 2.05) is 6.92 Å². The Hall–Kier alpha value is -1.28. The first-order valence-electron chi connectivity index (χ1n) is 5.53. The predicted molar refractivity (Wildman–Crippen MR) is 73.7 cm³/mol. The molecule has 0 aromatic carbocycles. The minimum atomic E-state index is -0.446. The van der Waals surface area contributed by atoms with E-state index in [4.69, 9.17) is 5.73 Å². The van der Waals surface area contributed by atoms with E-state index < -0.39 is 6.03 Å². The number of aromatic nitrogens is 1. The lowest BCUT2D eigenvalue weighted by Crippen LogP contribution is -2.40. The average molecular weight is 288 g/mol. The second-order valence-electron chi connectivity index (χ2n) is 3.46. The van der Waals surface area contributed by atoms with Crippen LogP contribution >= 0.6 is 23.1 Å². The normalized spacial score (nSPS) is 10.1. The highest BCUT2D eigenvalue weighted by Crippen LogP contribution is 2.25. The summed E-state index contributed by atoms with van der Waals surface area (Å²) in [4.78, 5) is 26.6. The summed E-state index contributed by atoms with van der Waals surface area (Å²) >= 11 is 2.62. The third-order valence-corrected chi connectivity index (χ3v) is 3.94. The van der Waals surface area contributed by atoms with Crippen molar-refractivity contribution in [2.24, 2.45) is 0 Å². The summed E-state index contributed by atoms with van der Waals surface area (Å²) in [6.45, 7) is 2.61. The largest absolute Gasteiger partial charge is 0.375 e. The zero-order chi connectivity index (χ0) is 13.4. The number of amides is 3. The van der Waals surface area contributed by atoms with Crippen LogP contribution in [0.25, 0.3) is 0 Å². The molecule has 0 bridgehead atoms. The van der Waals surface area contributed by atoms with Gasteiger partial charge in [-0.15, -0.1) is 11.8 Å². The number of imide groups is 1. The number of thioether (sulfide) groups is 1. The van der Waals surface area contributed by atoms with Crippen LogP contribution in [-0.4, -0.2) is 29.2 Å². The number of rotatable bonds is 6. The number of urea groups is 1. The lowest BCUT2D eigenvalue weighted by Gasteiger charge is -2.05. The van der Waals surface area contributed by atoms with Gasteiger partial charge in [-0.3, -0.25) is 10.1 Å². The molecule has 100 valence electrons. The van der Waals surface area contributed by atoms with E-state index in [1.165, 1.54) is 23.1 Å². The quantitative estimate of drug-likeness (QED) is 0.543. The maximum atomic E-state index is 11.4. The molecule has 0 saturated heterocycles. The van der Waals surface area contributed by atoms with Gasteiger partial charge in [0, 0.05) is 6.54 Å². The lowest BCUT2D eigenvalue weighted by molar-refractivity contribution is -0.117. The first kappa shape index (κ1) is 14.8. The fourth-order valence-electron chi connectivity index (χ4n) is 1.06. The molecule has 0 aliphatic carbocycles. The number of hydrogen-bond acceptors (Lipinski definition) is 6. The van der Waals surface area contributed by atoms with E-state index in [9.17, 15) is 9.59 Å². The van der Waals surface area contributed by atoms with Gasteiger partial charge >= 0.3 is 6.03 Å². The molecular formula is C10H16N4O2S2. The summed E-state index contributed by atoms with van der Waals surface area (Å²) in [5.41, 5.74) is 5.46. The molecule has 0 unspecified atom stereocenters. The molecule has 1 rings (SSSR count). The number of nitrogens with two attached hydrogens (primary N) is 1. The van der Waals surface area contributed by atoms with Crippen molar-refractivity contribution in [2.75, 3.05) is 18.0 Å². The SMILES string of the molecule is CCCCNC(=O)NC(=O)CSc1cnc(N)s1. The van der Waals surface area contributed by atoms with Gasteiger partial charge in [0.15, 0.2) is 5.13 Å². The Morgan fingerprint density at radius 2 is 2.33 bits per heavy atom. The van der Waals surface area contributed by atoms with Gasteiger partial charge in [0.05, 0.1) is 16.2 Å². The van der Waals surface area contributed by atoms with Crippen molar-refractivity contribution in [2.45, 2.75) is 24.0 Å². The number of carbonyl (C=O) groups is 2. The van der Waals surface area contributed by atoms with Crippen LogP contribution in [-0.2, 0) is 4.79 Å². The highest BCUT2D eigenvalue weighted by atomic mass is 32.2. The standard InChI is InChI=1S/C10H16N4O2S2/c1-2-3-4-12-10(16)14-7(15)6-17-8-5-13-9(11)18-8/h5H,2-4,6H2,1H3,(H2,11,13)(H2,12,14,15,16). The van der Waals surface area contributed by atoms with Crippen LogP contribution in [0.1, 0.15) is 19.8 Å². The lowest BCUT2D eigenvalue weighted by atomic mass is 10.3. The van der Waals surface area contributed by atoms with E-state index in [1.54, 1.807) is 6.20 Å². The van der Waals surface area contributed by atoms with Gasteiger partial charge in [0.2, 0.25) is 5.91 Å². The number of unbranched alkanes of at least 4 members (excludes halogenated alkanes) is 1. The van der Waals surface area contributed by atoms with E-state index in [0.29, 0.717) is 11.7 Å². The number of nitrogens with zero attached hydrogens (tertiary/aromatic N) is 1. The van der Waals surface area contributed by atoms with E-state index in [2.05, 4.69) is 15.6 Å². The van der Waals surface area contributed by atoms with Gasteiger partial charge in [-0.25, -0.2) is 9.78 Å². The third kappa shape index (κ3) is 5.87. The summed E-state index contributed by atoms with van der Waals surface area (Å²) in [6, 6.07) is -0.446. The van der Waals surface area contributed by atoms with Crippen molar-refractivity contribution in [1.29, 1.82) is 0 Å². The van der Waals surface area contributed by atoms with Crippen molar-refractivity contribution in [1.82, 2.24) is 15.6 Å². The van der Waals surface area contributed by atoms with Gasteiger partial charge in [-0.05, 0) is 6.42 Å². The number of carbonyl (C=O) groups excluding carboxylic acids is 2. The van der Waals surface area contributed by atoms with Crippen LogP contribution in [0.3, 0.4) is 0 Å². The summed E-state index contributed by atoms with van der Waals surface area (Å²) in [5.74, 6) is -0.163. The Morgan fingerprint density at radius 1 is 1.56 bits per heavy atom. The zero-order valence-corrected chi connectivity index (χ0v) is 11.7. The molecular weight excluding hydrogens is 272 g/mol. The van der Waals surface area contributed by atoms with Crippen LogP contribution in [0.5, 0.6) is 0 Å². The van der Waals surface area contributed by atoms with E-state index in [-0.39, 0.29) is 11.7 Å². The second-order valence-corrected chi connectivity index (χ2v) is 5.80. The molecule has 0 fully saturated rings. The van der Waals surface area contributed by atoms with E-state index in [0.717, 1.165) is 17.1 Å². The minimum absolute atomic E-state index is 0.169. The number of hydrogen-bond donors (Lipinski definition) is 3. The highest BCUT2D eigenvalue weighted by Gasteiger charge is 2.08. The molecule has 6 nitrogen and oxygen atoms in total. The summed E-state index contributed by atoms with van der Waals surface area (Å²) in [5, 5.41) is 5.33. The molecule has 3 amide bonds. The molecule has 4 N–H and O–H groups in total. The summed E-state index contributed by atoms with van der Waals surface area (Å²) in [7, 11) is 0. The monoisotopic (exact) mass is 288 g/mol. The Labute approximate surface area is 114 Å². The predicted octanol–water partition coefficient (Wildman–Crippen LogP) is 1.44. The summed E-state index contributed by atoms with van der Waals surface area (Å²) in [6.07, 6.45) is 3.51. The van der Waals surface area contributed by atoms with Crippen LogP contribution in [0, 0.1) is 0 Å². The van der Waals surface area contributed by atoms with Crippen LogP contribution < -0.4 is 16.4 Å². The van der Waals surface area contributed by atoms with Gasteiger partial charge in [0.1, 0.15) is 0 Å². The molecule has 1 aromatic heterocycles. The molecule has 18 heavy (non-hydrogen) atoms. The first-order valence-corrected chi connectivity index (χ1v) is 7.33. The zero-order valence-electron chi connectivity index (χ0n) is 10.1. The van der Waals surface area contributed by atoms with Crippen molar-refractivity contribution < 1.29 is 9.59 Å². The average Bonchev–Trinajstić information content (AvgIpc) is 2.73. The number of nitrogen functional groups attached to an aromatic ring is 1.